The van der Waals surface area contributed by atoms with Gasteiger partial charge in [-0.3, -0.25) is 9.59 Å². The highest BCUT2D eigenvalue weighted by molar-refractivity contribution is 5.95. The molecular formula is C21H31N3O4. The summed E-state index contributed by atoms with van der Waals surface area (Å²) in [7, 11) is 3.18. The first-order valence-corrected chi connectivity index (χ1v) is 10.1. The predicted octanol–water partition coefficient (Wildman–Crippen LogP) is 1.73. The average Bonchev–Trinajstić information content (AvgIpc) is 3.27. The summed E-state index contributed by atoms with van der Waals surface area (Å²) in [5.74, 6) is 1.62. The molecule has 2 aliphatic rings. The molecule has 0 aliphatic carbocycles. The SMILES string of the molecule is COc1cc(C(=O)N2CCCC(CNC(=O)C3CCCN3)C2)cc(OC)c1C. The van der Waals surface area contributed by atoms with Crippen molar-refractivity contribution in [2.24, 2.45) is 5.92 Å². The molecule has 154 valence electrons. The van der Waals surface area contributed by atoms with Crippen molar-refractivity contribution in [2.75, 3.05) is 40.4 Å². The number of benzene rings is 1. The van der Waals surface area contributed by atoms with Gasteiger partial charge in [0.05, 0.1) is 20.3 Å². The molecule has 2 unspecified atom stereocenters. The van der Waals surface area contributed by atoms with Crippen LogP contribution in [0.1, 0.15) is 41.6 Å². The molecule has 1 aromatic rings. The molecule has 2 aliphatic heterocycles. The van der Waals surface area contributed by atoms with Gasteiger partial charge in [-0.15, -0.1) is 0 Å². The Bertz CT molecular complexity index is 691. The number of hydrogen-bond donors (Lipinski definition) is 2. The van der Waals surface area contributed by atoms with Gasteiger partial charge < -0.3 is 25.0 Å². The molecule has 2 atom stereocenters. The van der Waals surface area contributed by atoms with Gasteiger partial charge in [0.25, 0.3) is 5.91 Å². The lowest BCUT2D eigenvalue weighted by Crippen LogP contribution is -2.46. The molecule has 0 saturated carbocycles. The van der Waals surface area contributed by atoms with Crippen molar-refractivity contribution < 1.29 is 19.1 Å². The Morgan fingerprint density at radius 2 is 1.89 bits per heavy atom. The van der Waals surface area contributed by atoms with Gasteiger partial charge in [-0.05, 0) is 57.2 Å². The lowest BCUT2D eigenvalue weighted by Gasteiger charge is -2.33. The molecule has 2 saturated heterocycles. The van der Waals surface area contributed by atoms with Gasteiger partial charge in [-0.2, -0.15) is 0 Å². The van der Waals surface area contributed by atoms with Crippen LogP contribution in [0.3, 0.4) is 0 Å². The van der Waals surface area contributed by atoms with Crippen LogP contribution in [0.2, 0.25) is 0 Å². The Labute approximate surface area is 166 Å². The number of carbonyl (C=O) groups excluding carboxylic acids is 2. The van der Waals surface area contributed by atoms with Crippen LogP contribution in [0.5, 0.6) is 11.5 Å². The number of nitrogens with one attached hydrogen (secondary N) is 2. The number of methoxy groups -OCH3 is 2. The molecule has 0 aromatic heterocycles. The molecule has 0 bridgehead atoms. The first kappa shape index (κ1) is 20.5. The van der Waals surface area contributed by atoms with E-state index in [1.54, 1.807) is 26.4 Å². The number of piperidine rings is 1. The second kappa shape index (κ2) is 9.28. The summed E-state index contributed by atoms with van der Waals surface area (Å²) in [4.78, 5) is 27.1. The molecule has 3 rings (SSSR count). The quantitative estimate of drug-likeness (QED) is 0.775. The fourth-order valence-corrected chi connectivity index (χ4v) is 4.08. The molecular weight excluding hydrogens is 358 g/mol. The van der Waals surface area contributed by atoms with Crippen LogP contribution in [0.25, 0.3) is 0 Å². The molecule has 7 heteroatoms. The molecule has 2 heterocycles. The number of amides is 2. The smallest absolute Gasteiger partial charge is 0.254 e. The third-order valence-electron chi connectivity index (χ3n) is 5.75. The van der Waals surface area contributed by atoms with Crippen LogP contribution in [-0.4, -0.2) is 63.2 Å². The Kier molecular flexibility index (Phi) is 6.78. The van der Waals surface area contributed by atoms with Crippen molar-refractivity contribution >= 4 is 11.8 Å². The second-order valence-corrected chi connectivity index (χ2v) is 7.66. The molecule has 7 nitrogen and oxygen atoms in total. The van der Waals surface area contributed by atoms with Crippen LogP contribution < -0.4 is 20.1 Å². The molecule has 1 aromatic carbocycles. The summed E-state index contributed by atoms with van der Waals surface area (Å²) in [6.45, 7) is 4.81. The van der Waals surface area contributed by atoms with Crippen molar-refractivity contribution in [2.45, 2.75) is 38.6 Å². The first-order valence-electron chi connectivity index (χ1n) is 10.1. The second-order valence-electron chi connectivity index (χ2n) is 7.66. The number of nitrogens with zero attached hydrogens (tertiary/aromatic N) is 1. The fraction of sp³-hybridized carbons (Fsp3) is 0.619. The zero-order valence-electron chi connectivity index (χ0n) is 17.0. The summed E-state index contributed by atoms with van der Waals surface area (Å²) in [5.41, 5.74) is 1.44. The number of rotatable bonds is 6. The summed E-state index contributed by atoms with van der Waals surface area (Å²) >= 11 is 0. The first-order chi connectivity index (χ1) is 13.5. The highest BCUT2D eigenvalue weighted by atomic mass is 16.5. The lowest BCUT2D eigenvalue weighted by atomic mass is 9.97. The zero-order chi connectivity index (χ0) is 20.1. The number of hydrogen-bond acceptors (Lipinski definition) is 5. The maximum atomic E-state index is 13.1. The molecule has 0 spiro atoms. The third kappa shape index (κ3) is 4.58. The van der Waals surface area contributed by atoms with Crippen LogP contribution in [0, 0.1) is 12.8 Å². The largest absolute Gasteiger partial charge is 0.496 e. The number of carbonyl (C=O) groups is 2. The number of likely N-dealkylation sites (tertiary alicyclic amines) is 1. The monoisotopic (exact) mass is 389 g/mol. The normalized spacial score (nSPS) is 22.0. The van der Waals surface area contributed by atoms with Crippen LogP contribution >= 0.6 is 0 Å². The van der Waals surface area contributed by atoms with Crippen molar-refractivity contribution in [3.8, 4) is 11.5 Å². The lowest BCUT2D eigenvalue weighted by molar-refractivity contribution is -0.123. The van der Waals surface area contributed by atoms with E-state index in [4.69, 9.17) is 9.47 Å². The zero-order valence-corrected chi connectivity index (χ0v) is 17.0. The van der Waals surface area contributed by atoms with Crippen LogP contribution in [0.4, 0.5) is 0 Å². The molecule has 0 radical (unpaired) electrons. The van der Waals surface area contributed by atoms with E-state index in [0.29, 0.717) is 30.2 Å². The Morgan fingerprint density at radius 1 is 1.18 bits per heavy atom. The van der Waals surface area contributed by atoms with E-state index in [-0.39, 0.29) is 23.8 Å². The van der Waals surface area contributed by atoms with Gasteiger partial charge >= 0.3 is 0 Å². The van der Waals surface area contributed by atoms with E-state index < -0.39 is 0 Å². The van der Waals surface area contributed by atoms with E-state index >= 15 is 0 Å². The van der Waals surface area contributed by atoms with Crippen molar-refractivity contribution in [3.05, 3.63) is 23.3 Å². The molecule has 2 fully saturated rings. The van der Waals surface area contributed by atoms with Gasteiger partial charge in [-0.1, -0.05) is 0 Å². The summed E-state index contributed by atoms with van der Waals surface area (Å²) in [5, 5.41) is 6.28. The van der Waals surface area contributed by atoms with Crippen molar-refractivity contribution in [1.29, 1.82) is 0 Å². The topological polar surface area (TPSA) is 79.9 Å². The van der Waals surface area contributed by atoms with E-state index in [1.165, 1.54) is 0 Å². The van der Waals surface area contributed by atoms with Gasteiger partial charge in [0, 0.05) is 30.8 Å². The highest BCUT2D eigenvalue weighted by Gasteiger charge is 2.27. The molecule has 28 heavy (non-hydrogen) atoms. The van der Waals surface area contributed by atoms with E-state index in [0.717, 1.165) is 44.3 Å². The van der Waals surface area contributed by atoms with Crippen molar-refractivity contribution in [1.82, 2.24) is 15.5 Å². The third-order valence-corrected chi connectivity index (χ3v) is 5.75. The standard InChI is InChI=1S/C21H31N3O4/c1-14-18(27-2)10-16(11-19(14)28-3)21(26)24-9-5-6-15(13-24)12-23-20(25)17-7-4-8-22-17/h10-11,15,17,22H,4-9,12-13H2,1-3H3,(H,23,25). The van der Waals surface area contributed by atoms with E-state index in [1.807, 2.05) is 11.8 Å². The average molecular weight is 389 g/mol. The highest BCUT2D eigenvalue weighted by Crippen LogP contribution is 2.30. The van der Waals surface area contributed by atoms with Gasteiger partial charge in [0.2, 0.25) is 5.91 Å². The van der Waals surface area contributed by atoms with Gasteiger partial charge in [0.15, 0.2) is 0 Å². The van der Waals surface area contributed by atoms with Crippen LogP contribution in [0.15, 0.2) is 12.1 Å². The Morgan fingerprint density at radius 3 is 2.50 bits per heavy atom. The number of ether oxygens (including phenoxy) is 2. The minimum Gasteiger partial charge on any atom is -0.496 e. The Balaban J connectivity index is 1.62. The van der Waals surface area contributed by atoms with E-state index in [2.05, 4.69) is 10.6 Å². The fourth-order valence-electron chi connectivity index (χ4n) is 4.08. The van der Waals surface area contributed by atoms with Gasteiger partial charge in [0.1, 0.15) is 11.5 Å². The maximum Gasteiger partial charge on any atom is 0.254 e. The maximum absolute atomic E-state index is 13.1. The molecule has 2 amide bonds. The summed E-state index contributed by atoms with van der Waals surface area (Å²) in [6, 6.07) is 3.49. The minimum atomic E-state index is -0.0613. The van der Waals surface area contributed by atoms with Crippen LogP contribution in [-0.2, 0) is 4.79 Å². The van der Waals surface area contributed by atoms with Crippen molar-refractivity contribution in [3.63, 3.8) is 0 Å². The van der Waals surface area contributed by atoms with Gasteiger partial charge in [-0.25, -0.2) is 0 Å². The minimum absolute atomic E-state index is 0.0231. The molecule has 2 N–H and O–H groups in total. The Hall–Kier alpha value is -2.28. The predicted molar refractivity (Wildman–Crippen MR) is 107 cm³/mol. The van der Waals surface area contributed by atoms with E-state index in [9.17, 15) is 9.59 Å². The summed E-state index contributed by atoms with van der Waals surface area (Å²) < 4.78 is 10.8. The summed E-state index contributed by atoms with van der Waals surface area (Å²) in [6.07, 6.45) is 3.91.